The van der Waals surface area contributed by atoms with E-state index in [-0.39, 0.29) is 11.3 Å². The lowest BCUT2D eigenvalue weighted by atomic mass is 9.71. The van der Waals surface area contributed by atoms with E-state index in [0.29, 0.717) is 57.8 Å². The third-order valence-electron chi connectivity index (χ3n) is 11.4. The highest BCUT2D eigenvalue weighted by molar-refractivity contribution is 6.42. The van der Waals surface area contributed by atoms with Gasteiger partial charge in [-0.3, -0.25) is 9.59 Å². The highest BCUT2D eigenvalue weighted by atomic mass is 35.5. The van der Waals surface area contributed by atoms with Gasteiger partial charge < -0.3 is 28.9 Å². The van der Waals surface area contributed by atoms with E-state index in [4.69, 9.17) is 37.4 Å². The Balaban J connectivity index is 1.21. The molecule has 0 spiro atoms. The molecule has 8 nitrogen and oxygen atoms in total. The molecule has 0 radical (unpaired) electrons. The number of carbonyl (C=O) groups is 2. The molecule has 3 heterocycles. The zero-order chi connectivity index (χ0) is 35.5. The molecule has 0 N–H and O–H groups in total. The first-order valence-electron chi connectivity index (χ1n) is 17.7. The van der Waals surface area contributed by atoms with E-state index < -0.39 is 5.41 Å². The molecule has 0 bridgehead atoms. The molecule has 3 aliphatic rings. The van der Waals surface area contributed by atoms with E-state index >= 15 is 0 Å². The van der Waals surface area contributed by atoms with Crippen LogP contribution in [0.15, 0.2) is 60.7 Å². The molecule has 0 aromatic heterocycles. The zero-order valence-corrected chi connectivity index (χ0v) is 31.2. The molecule has 10 heteroatoms. The summed E-state index contributed by atoms with van der Waals surface area (Å²) in [4.78, 5) is 34.9. The average Bonchev–Trinajstić information content (AvgIpc) is 3.60. The van der Waals surface area contributed by atoms with Crippen molar-refractivity contribution in [3.05, 3.63) is 87.4 Å². The predicted octanol–water partition coefficient (Wildman–Crippen LogP) is 7.49. The first-order valence-corrected chi connectivity index (χ1v) is 18.5. The molecule has 6 rings (SSSR count). The van der Waals surface area contributed by atoms with E-state index in [1.54, 1.807) is 33.5 Å². The number of piperidine rings is 2. The normalized spacial score (nSPS) is 22.3. The van der Waals surface area contributed by atoms with Gasteiger partial charge in [-0.2, -0.15) is 0 Å². The van der Waals surface area contributed by atoms with Crippen molar-refractivity contribution in [3.63, 3.8) is 0 Å². The summed E-state index contributed by atoms with van der Waals surface area (Å²) < 4.78 is 16.6. The Morgan fingerprint density at radius 2 is 1.50 bits per heavy atom. The summed E-state index contributed by atoms with van der Waals surface area (Å²) in [6.07, 6.45) is 5.44. The van der Waals surface area contributed by atoms with Gasteiger partial charge in [0.2, 0.25) is 11.7 Å². The zero-order valence-electron chi connectivity index (χ0n) is 29.7. The molecule has 3 aromatic rings. The lowest BCUT2D eigenvalue weighted by molar-refractivity contribution is -0.141. The maximum Gasteiger partial charge on any atom is 0.254 e. The van der Waals surface area contributed by atoms with Crippen LogP contribution in [0.2, 0.25) is 10.0 Å². The minimum atomic E-state index is -0.507. The van der Waals surface area contributed by atoms with E-state index in [2.05, 4.69) is 47.1 Å². The number of amides is 2. The van der Waals surface area contributed by atoms with Gasteiger partial charge in [0, 0.05) is 37.2 Å². The molecule has 3 aliphatic heterocycles. The number of likely N-dealkylation sites (tertiary alicyclic amines) is 3. The Hall–Kier alpha value is -3.46. The van der Waals surface area contributed by atoms with Gasteiger partial charge in [-0.25, -0.2) is 0 Å². The van der Waals surface area contributed by atoms with Crippen LogP contribution in [0, 0.1) is 5.92 Å². The molecule has 2 unspecified atom stereocenters. The van der Waals surface area contributed by atoms with Gasteiger partial charge in [-0.1, -0.05) is 66.5 Å². The van der Waals surface area contributed by atoms with E-state index in [1.165, 1.54) is 6.42 Å². The maximum atomic E-state index is 14.3. The molecule has 0 saturated carbocycles. The summed E-state index contributed by atoms with van der Waals surface area (Å²) in [5, 5.41) is 1.02. The number of hydrogen-bond acceptors (Lipinski definition) is 6. The Morgan fingerprint density at radius 1 is 0.800 bits per heavy atom. The van der Waals surface area contributed by atoms with Crippen molar-refractivity contribution in [2.24, 2.45) is 5.92 Å². The fourth-order valence-corrected chi connectivity index (χ4v) is 8.73. The Morgan fingerprint density at radius 3 is 2.12 bits per heavy atom. The Kier molecular flexibility index (Phi) is 11.2. The number of hydrogen-bond donors (Lipinski definition) is 0. The van der Waals surface area contributed by atoms with Crippen molar-refractivity contribution in [1.82, 2.24) is 14.7 Å². The monoisotopic (exact) mass is 721 g/mol. The second-order valence-electron chi connectivity index (χ2n) is 14.3. The molecular weight excluding hydrogens is 673 g/mol. The van der Waals surface area contributed by atoms with E-state index in [0.717, 1.165) is 76.0 Å². The van der Waals surface area contributed by atoms with Crippen molar-refractivity contribution in [3.8, 4) is 17.2 Å². The minimum absolute atomic E-state index is 0.0950. The summed E-state index contributed by atoms with van der Waals surface area (Å²) in [6, 6.07) is 19.7. The molecular formula is C40H49Cl2N3O5. The number of nitrogens with zero attached hydrogens (tertiary/aromatic N) is 3. The van der Waals surface area contributed by atoms with Crippen molar-refractivity contribution in [2.75, 3.05) is 67.1 Å². The van der Waals surface area contributed by atoms with Crippen LogP contribution in [0.25, 0.3) is 0 Å². The van der Waals surface area contributed by atoms with Crippen molar-refractivity contribution >= 4 is 35.0 Å². The second kappa shape index (κ2) is 15.4. The second-order valence-corrected chi connectivity index (χ2v) is 15.2. The fourth-order valence-electron chi connectivity index (χ4n) is 8.43. The Labute approximate surface area is 306 Å². The van der Waals surface area contributed by atoms with Crippen LogP contribution in [0.1, 0.15) is 66.9 Å². The SMILES string of the molecule is COc1cc(C(=O)N2CCC(CCN3CCC(C(=O)N4CCCC(C)C4)(c4ccccc4)CC3)(c3ccc(Cl)c(Cl)c3)C2)cc(OC)c1OC. The highest BCUT2D eigenvalue weighted by Crippen LogP contribution is 2.44. The van der Waals surface area contributed by atoms with E-state index in [1.807, 2.05) is 23.1 Å². The van der Waals surface area contributed by atoms with E-state index in [9.17, 15) is 9.59 Å². The van der Waals surface area contributed by atoms with Gasteiger partial charge in [-0.05, 0) is 99.5 Å². The van der Waals surface area contributed by atoms with Gasteiger partial charge in [0.25, 0.3) is 5.91 Å². The third-order valence-corrected chi connectivity index (χ3v) is 12.1. The van der Waals surface area contributed by atoms with Crippen LogP contribution < -0.4 is 14.2 Å². The van der Waals surface area contributed by atoms with Crippen molar-refractivity contribution in [2.45, 2.75) is 56.3 Å². The maximum absolute atomic E-state index is 14.3. The van der Waals surface area contributed by atoms with Gasteiger partial charge in [0.15, 0.2) is 11.5 Å². The summed E-state index contributed by atoms with van der Waals surface area (Å²) in [7, 11) is 4.64. The number of halogens is 2. The number of benzene rings is 3. The summed E-state index contributed by atoms with van der Waals surface area (Å²) >= 11 is 13.0. The van der Waals surface area contributed by atoms with Crippen LogP contribution in [-0.4, -0.2) is 93.7 Å². The fraction of sp³-hybridized carbons (Fsp3) is 0.500. The van der Waals surface area contributed by atoms with Crippen molar-refractivity contribution < 1.29 is 23.8 Å². The van der Waals surface area contributed by atoms with Gasteiger partial charge in [0.05, 0.1) is 36.8 Å². The molecule has 3 saturated heterocycles. The first-order chi connectivity index (χ1) is 24.1. The van der Waals surface area contributed by atoms with Gasteiger partial charge in [-0.15, -0.1) is 0 Å². The molecule has 2 amide bonds. The third kappa shape index (κ3) is 7.17. The lowest BCUT2D eigenvalue weighted by Crippen LogP contribution is -2.55. The highest BCUT2D eigenvalue weighted by Gasteiger charge is 2.47. The lowest BCUT2D eigenvalue weighted by Gasteiger charge is -2.45. The molecule has 3 aromatic carbocycles. The summed E-state index contributed by atoms with van der Waals surface area (Å²) in [5.74, 6) is 2.06. The molecule has 50 heavy (non-hydrogen) atoms. The predicted molar refractivity (Wildman–Crippen MR) is 198 cm³/mol. The van der Waals surface area contributed by atoms with Crippen LogP contribution in [-0.2, 0) is 15.6 Å². The van der Waals surface area contributed by atoms with Gasteiger partial charge in [0.1, 0.15) is 0 Å². The number of ether oxygens (including phenoxy) is 3. The quantitative estimate of drug-likeness (QED) is 0.216. The summed E-state index contributed by atoms with van der Waals surface area (Å²) in [6.45, 7) is 7.57. The Bertz CT molecular complexity index is 1650. The van der Waals surface area contributed by atoms with Gasteiger partial charge >= 0.3 is 0 Å². The average molecular weight is 723 g/mol. The smallest absolute Gasteiger partial charge is 0.254 e. The largest absolute Gasteiger partial charge is 0.493 e. The first kappa shape index (κ1) is 36.3. The molecule has 2 atom stereocenters. The molecule has 0 aliphatic carbocycles. The summed E-state index contributed by atoms with van der Waals surface area (Å²) in [5.41, 5.74) is 1.86. The van der Waals surface area contributed by atoms with Crippen LogP contribution in [0.5, 0.6) is 17.2 Å². The van der Waals surface area contributed by atoms with Crippen molar-refractivity contribution in [1.29, 1.82) is 0 Å². The topological polar surface area (TPSA) is 71.6 Å². The van der Waals surface area contributed by atoms with Crippen LogP contribution in [0.3, 0.4) is 0 Å². The molecule has 3 fully saturated rings. The number of carbonyl (C=O) groups excluding carboxylic acids is 2. The van der Waals surface area contributed by atoms with Crippen LogP contribution >= 0.6 is 23.2 Å². The number of rotatable bonds is 10. The van der Waals surface area contributed by atoms with Crippen LogP contribution in [0.4, 0.5) is 0 Å². The minimum Gasteiger partial charge on any atom is -0.493 e. The standard InChI is InChI=1S/C40H49Cl2N3O5/c1-28-9-8-18-44(26-28)38(47)40(30-10-6-5-7-11-30)16-20-43(21-17-40)19-14-39(31-12-13-32(41)33(42)25-31)15-22-45(27-39)37(46)29-23-34(48-2)36(50-4)35(24-29)49-3/h5-7,10-13,23-25,28H,8-9,14-22,26-27H2,1-4H3. The number of methoxy groups -OCH3 is 3. The molecule has 268 valence electrons.